The zero-order chi connectivity index (χ0) is 13.7. The standard InChI is InChI=1S/C11H12N2O5/c1-3-18-11(15)9-5-4-8(13(16)17)6-10(9)12-7(2)14/h4-6H,3H2,1-2H3,(H,12,14). The molecule has 1 amide bonds. The van der Waals surface area contributed by atoms with Crippen molar-refractivity contribution in [3.05, 3.63) is 33.9 Å². The second-order valence-electron chi connectivity index (χ2n) is 3.39. The van der Waals surface area contributed by atoms with Crippen molar-refractivity contribution in [1.82, 2.24) is 0 Å². The average Bonchev–Trinajstić information content (AvgIpc) is 2.28. The molecule has 0 saturated carbocycles. The summed E-state index contributed by atoms with van der Waals surface area (Å²) < 4.78 is 4.79. The molecule has 1 rings (SSSR count). The summed E-state index contributed by atoms with van der Waals surface area (Å²) in [6, 6.07) is 3.55. The first-order valence-corrected chi connectivity index (χ1v) is 5.18. The number of anilines is 1. The van der Waals surface area contributed by atoms with E-state index < -0.39 is 16.8 Å². The second-order valence-corrected chi connectivity index (χ2v) is 3.39. The van der Waals surface area contributed by atoms with Gasteiger partial charge in [0.1, 0.15) is 0 Å². The molecule has 0 heterocycles. The fraction of sp³-hybridized carbons (Fsp3) is 0.273. The van der Waals surface area contributed by atoms with Crippen molar-refractivity contribution < 1.29 is 19.2 Å². The number of amides is 1. The van der Waals surface area contributed by atoms with Gasteiger partial charge >= 0.3 is 5.97 Å². The van der Waals surface area contributed by atoms with Crippen molar-refractivity contribution in [3.8, 4) is 0 Å². The van der Waals surface area contributed by atoms with Crippen LogP contribution in [0.15, 0.2) is 18.2 Å². The SMILES string of the molecule is CCOC(=O)c1ccc([N+](=O)[O-])cc1NC(C)=O. The third kappa shape index (κ3) is 3.27. The molecule has 0 spiro atoms. The minimum Gasteiger partial charge on any atom is -0.462 e. The van der Waals surface area contributed by atoms with E-state index in [0.717, 1.165) is 6.07 Å². The van der Waals surface area contributed by atoms with Crippen LogP contribution in [0, 0.1) is 10.1 Å². The maximum absolute atomic E-state index is 11.6. The molecule has 0 bridgehead atoms. The molecule has 7 heteroatoms. The molecule has 96 valence electrons. The van der Waals surface area contributed by atoms with Crippen LogP contribution in [0.3, 0.4) is 0 Å². The Morgan fingerprint density at radius 2 is 2.11 bits per heavy atom. The topological polar surface area (TPSA) is 98.5 Å². The van der Waals surface area contributed by atoms with Gasteiger partial charge in [0.15, 0.2) is 0 Å². The monoisotopic (exact) mass is 252 g/mol. The lowest BCUT2D eigenvalue weighted by atomic mass is 10.1. The van der Waals surface area contributed by atoms with Crippen LogP contribution in [0.25, 0.3) is 0 Å². The number of nitrogens with zero attached hydrogens (tertiary/aromatic N) is 1. The van der Waals surface area contributed by atoms with Crippen LogP contribution in [-0.2, 0) is 9.53 Å². The Labute approximate surface area is 103 Å². The van der Waals surface area contributed by atoms with Gasteiger partial charge in [-0.3, -0.25) is 14.9 Å². The van der Waals surface area contributed by atoms with Crippen LogP contribution in [0.4, 0.5) is 11.4 Å². The number of nitrogens with one attached hydrogen (secondary N) is 1. The van der Waals surface area contributed by atoms with Gasteiger partial charge in [-0.05, 0) is 13.0 Å². The lowest BCUT2D eigenvalue weighted by Crippen LogP contribution is -2.13. The van der Waals surface area contributed by atoms with E-state index in [0.29, 0.717) is 0 Å². The zero-order valence-electron chi connectivity index (χ0n) is 9.93. The van der Waals surface area contributed by atoms with E-state index in [1.165, 1.54) is 19.1 Å². The van der Waals surface area contributed by atoms with E-state index in [4.69, 9.17) is 4.74 Å². The maximum Gasteiger partial charge on any atom is 0.340 e. The van der Waals surface area contributed by atoms with Crippen molar-refractivity contribution in [1.29, 1.82) is 0 Å². The molecule has 0 aromatic heterocycles. The number of nitro benzene ring substituents is 1. The van der Waals surface area contributed by atoms with Gasteiger partial charge in [-0.15, -0.1) is 0 Å². The van der Waals surface area contributed by atoms with Crippen molar-refractivity contribution in [3.63, 3.8) is 0 Å². The number of hydrogen-bond donors (Lipinski definition) is 1. The quantitative estimate of drug-likeness (QED) is 0.499. The van der Waals surface area contributed by atoms with Crippen LogP contribution in [0.2, 0.25) is 0 Å². The first-order chi connectivity index (χ1) is 8.45. The van der Waals surface area contributed by atoms with Gasteiger partial charge in [-0.2, -0.15) is 0 Å². The van der Waals surface area contributed by atoms with Gasteiger partial charge in [0.2, 0.25) is 5.91 Å². The number of nitro groups is 1. The molecule has 7 nitrogen and oxygen atoms in total. The lowest BCUT2D eigenvalue weighted by Gasteiger charge is -2.08. The number of ether oxygens (including phenoxy) is 1. The number of rotatable bonds is 4. The number of carbonyl (C=O) groups excluding carboxylic acids is 2. The van der Waals surface area contributed by atoms with E-state index in [9.17, 15) is 19.7 Å². The van der Waals surface area contributed by atoms with Gasteiger partial charge in [-0.25, -0.2) is 4.79 Å². The molecule has 0 aliphatic carbocycles. The van der Waals surface area contributed by atoms with Crippen LogP contribution in [0.5, 0.6) is 0 Å². The molecule has 0 unspecified atom stereocenters. The van der Waals surface area contributed by atoms with Gasteiger partial charge < -0.3 is 10.1 Å². The number of esters is 1. The number of carbonyl (C=O) groups is 2. The lowest BCUT2D eigenvalue weighted by molar-refractivity contribution is -0.384. The highest BCUT2D eigenvalue weighted by atomic mass is 16.6. The smallest absolute Gasteiger partial charge is 0.340 e. The first kappa shape index (κ1) is 13.6. The van der Waals surface area contributed by atoms with Crippen LogP contribution >= 0.6 is 0 Å². The molecule has 1 aromatic carbocycles. The summed E-state index contributed by atoms with van der Waals surface area (Å²) in [5.74, 6) is -1.07. The minimum atomic E-state index is -0.642. The van der Waals surface area contributed by atoms with E-state index in [2.05, 4.69) is 5.32 Å². The van der Waals surface area contributed by atoms with Gasteiger partial charge in [0.05, 0.1) is 22.8 Å². The zero-order valence-corrected chi connectivity index (χ0v) is 9.93. The Morgan fingerprint density at radius 1 is 1.44 bits per heavy atom. The molecular weight excluding hydrogens is 240 g/mol. The molecule has 0 aliphatic rings. The van der Waals surface area contributed by atoms with Crippen LogP contribution in [-0.4, -0.2) is 23.4 Å². The molecule has 1 N–H and O–H groups in total. The van der Waals surface area contributed by atoms with E-state index in [1.807, 2.05) is 0 Å². The van der Waals surface area contributed by atoms with Gasteiger partial charge in [0, 0.05) is 19.1 Å². The Kier molecular flexibility index (Phi) is 4.36. The fourth-order valence-electron chi connectivity index (χ4n) is 1.33. The maximum atomic E-state index is 11.6. The average molecular weight is 252 g/mol. The van der Waals surface area contributed by atoms with Gasteiger partial charge in [-0.1, -0.05) is 0 Å². The summed E-state index contributed by atoms with van der Waals surface area (Å²) in [5.41, 5.74) is -0.0698. The summed E-state index contributed by atoms with van der Waals surface area (Å²) in [4.78, 5) is 32.6. The van der Waals surface area contributed by atoms with Crippen molar-refractivity contribution in [2.24, 2.45) is 0 Å². The molecule has 0 aliphatic heterocycles. The summed E-state index contributed by atoms with van der Waals surface area (Å²) in [6.07, 6.45) is 0. The molecule has 0 atom stereocenters. The summed E-state index contributed by atoms with van der Waals surface area (Å²) in [7, 11) is 0. The molecular formula is C11H12N2O5. The largest absolute Gasteiger partial charge is 0.462 e. The Bertz CT molecular complexity index is 498. The Morgan fingerprint density at radius 3 is 2.61 bits per heavy atom. The van der Waals surface area contributed by atoms with Gasteiger partial charge in [0.25, 0.3) is 5.69 Å². The summed E-state index contributed by atoms with van der Waals surface area (Å²) >= 11 is 0. The van der Waals surface area contributed by atoms with Crippen molar-refractivity contribution in [2.75, 3.05) is 11.9 Å². The highest BCUT2D eigenvalue weighted by molar-refractivity contribution is 6.01. The minimum absolute atomic E-state index is 0.0650. The van der Waals surface area contributed by atoms with Crippen molar-refractivity contribution >= 4 is 23.3 Å². The highest BCUT2D eigenvalue weighted by Crippen LogP contribution is 2.23. The fourth-order valence-corrected chi connectivity index (χ4v) is 1.33. The van der Waals surface area contributed by atoms with Crippen LogP contribution in [0.1, 0.15) is 24.2 Å². The molecule has 1 aromatic rings. The molecule has 18 heavy (non-hydrogen) atoms. The molecule has 0 fully saturated rings. The third-order valence-corrected chi connectivity index (χ3v) is 2.02. The number of benzene rings is 1. The first-order valence-electron chi connectivity index (χ1n) is 5.18. The summed E-state index contributed by atoms with van der Waals surface area (Å²) in [6.45, 7) is 3.06. The van der Waals surface area contributed by atoms with E-state index in [1.54, 1.807) is 6.92 Å². The van der Waals surface area contributed by atoms with Crippen molar-refractivity contribution in [2.45, 2.75) is 13.8 Å². The predicted molar refractivity (Wildman–Crippen MR) is 63.4 cm³/mol. The predicted octanol–water partition coefficient (Wildman–Crippen LogP) is 1.73. The normalized spacial score (nSPS) is 9.67. The number of hydrogen-bond acceptors (Lipinski definition) is 5. The Hall–Kier alpha value is -2.44. The molecule has 0 radical (unpaired) electrons. The number of non-ortho nitro benzene ring substituents is 1. The van der Waals surface area contributed by atoms with E-state index in [-0.39, 0.29) is 23.5 Å². The van der Waals surface area contributed by atoms with E-state index >= 15 is 0 Å². The third-order valence-electron chi connectivity index (χ3n) is 2.02. The van der Waals surface area contributed by atoms with Crippen LogP contribution < -0.4 is 5.32 Å². The molecule has 0 saturated heterocycles. The Balaban J connectivity index is 3.19. The highest BCUT2D eigenvalue weighted by Gasteiger charge is 2.17. The summed E-state index contributed by atoms with van der Waals surface area (Å²) in [5, 5.41) is 13.0. The second kappa shape index (κ2) is 5.76.